The summed E-state index contributed by atoms with van der Waals surface area (Å²) in [5, 5.41) is 7.90. The quantitative estimate of drug-likeness (QED) is 0.541. The maximum Gasteiger partial charge on any atom is 0.408 e. The van der Waals surface area contributed by atoms with Crippen molar-refractivity contribution in [3.05, 3.63) is 0 Å². The van der Waals surface area contributed by atoms with Crippen LogP contribution in [0.4, 0.5) is 4.79 Å². The highest BCUT2D eigenvalue weighted by atomic mass is 16.5. The fraction of sp³-hybridized carbons (Fsp3) is 0.786. The van der Waals surface area contributed by atoms with E-state index in [0.29, 0.717) is 19.4 Å². The topological polar surface area (TPSA) is 109 Å². The molecule has 0 unspecified atom stereocenters. The number of hydrogen-bond donors (Lipinski definition) is 3. The Hall–Kier alpha value is -1.87. The standard InChI is InChI=1S/C14H26N4O5/c1-9(22-4)14(16-3,17-13(21)23-5)12(20)18-8-6-7-10(18)11(19)15-2/h9-10,16H,6-8H2,1-5H3,(H,15,19)(H,17,21)/t9-,10-,14-/m0/s1. The van der Waals surface area contributed by atoms with Crippen molar-refractivity contribution in [3.63, 3.8) is 0 Å². The fourth-order valence-electron chi connectivity index (χ4n) is 2.77. The summed E-state index contributed by atoms with van der Waals surface area (Å²) in [5.74, 6) is -0.671. The Kier molecular flexibility index (Phi) is 6.77. The number of rotatable bonds is 6. The first kappa shape index (κ1) is 19.2. The van der Waals surface area contributed by atoms with Gasteiger partial charge >= 0.3 is 6.09 Å². The number of amides is 3. The molecule has 0 aromatic heterocycles. The first-order chi connectivity index (χ1) is 10.9. The van der Waals surface area contributed by atoms with Crippen LogP contribution in [0.15, 0.2) is 0 Å². The number of nitrogens with one attached hydrogen (secondary N) is 3. The third-order valence-electron chi connectivity index (χ3n) is 4.24. The number of likely N-dealkylation sites (tertiary alicyclic amines) is 1. The molecule has 9 heteroatoms. The highest BCUT2D eigenvalue weighted by Crippen LogP contribution is 2.23. The van der Waals surface area contributed by atoms with Gasteiger partial charge in [-0.1, -0.05) is 0 Å². The van der Waals surface area contributed by atoms with Gasteiger partial charge in [0.05, 0.1) is 7.11 Å². The van der Waals surface area contributed by atoms with Gasteiger partial charge in [-0.05, 0) is 26.8 Å². The monoisotopic (exact) mass is 330 g/mol. The zero-order valence-corrected chi connectivity index (χ0v) is 14.3. The summed E-state index contributed by atoms with van der Waals surface area (Å²) in [4.78, 5) is 38.3. The molecule has 1 aliphatic rings. The molecule has 1 saturated heterocycles. The molecule has 9 nitrogen and oxygen atoms in total. The summed E-state index contributed by atoms with van der Waals surface area (Å²) >= 11 is 0. The van der Waals surface area contributed by atoms with E-state index in [4.69, 9.17) is 4.74 Å². The number of carbonyl (C=O) groups is 3. The van der Waals surface area contributed by atoms with E-state index >= 15 is 0 Å². The molecule has 0 bridgehead atoms. The molecule has 3 amide bonds. The lowest BCUT2D eigenvalue weighted by Gasteiger charge is -2.40. The predicted octanol–water partition coefficient (Wildman–Crippen LogP) is -0.970. The van der Waals surface area contributed by atoms with Gasteiger partial charge in [0.1, 0.15) is 12.1 Å². The van der Waals surface area contributed by atoms with Gasteiger partial charge in [0.15, 0.2) is 0 Å². The lowest BCUT2D eigenvalue weighted by atomic mass is 10.0. The van der Waals surface area contributed by atoms with Gasteiger partial charge in [-0.25, -0.2) is 4.79 Å². The number of carbonyl (C=O) groups excluding carboxylic acids is 3. The van der Waals surface area contributed by atoms with Crippen LogP contribution in [0.5, 0.6) is 0 Å². The summed E-state index contributed by atoms with van der Waals surface area (Å²) in [6.07, 6.45) is -0.175. The highest BCUT2D eigenvalue weighted by molar-refractivity contribution is 5.94. The smallest absolute Gasteiger partial charge is 0.408 e. The molecule has 0 aromatic carbocycles. The molecular formula is C14H26N4O5. The molecular weight excluding hydrogens is 304 g/mol. The molecule has 0 spiro atoms. The third kappa shape index (κ3) is 3.73. The van der Waals surface area contributed by atoms with Crippen LogP contribution in [-0.2, 0) is 19.1 Å². The highest BCUT2D eigenvalue weighted by Gasteiger charge is 2.50. The Morgan fingerprint density at radius 3 is 2.39 bits per heavy atom. The summed E-state index contributed by atoms with van der Waals surface area (Å²) < 4.78 is 9.89. The second-order valence-corrected chi connectivity index (χ2v) is 5.32. The van der Waals surface area contributed by atoms with Gasteiger partial charge in [-0.3, -0.25) is 20.2 Å². The van der Waals surface area contributed by atoms with Gasteiger partial charge in [-0.15, -0.1) is 0 Å². The van der Waals surface area contributed by atoms with Gasteiger partial charge in [0, 0.05) is 20.7 Å². The first-order valence-corrected chi connectivity index (χ1v) is 7.48. The Balaban J connectivity index is 3.16. The van der Waals surface area contributed by atoms with Crippen molar-refractivity contribution >= 4 is 17.9 Å². The molecule has 1 rings (SSSR count). The summed E-state index contributed by atoms with van der Waals surface area (Å²) in [5.41, 5.74) is -1.53. The molecule has 132 valence electrons. The average molecular weight is 330 g/mol. The van der Waals surface area contributed by atoms with E-state index in [1.807, 2.05) is 0 Å². The molecule has 1 heterocycles. The SMILES string of the molecule is CNC(=O)[C@@H]1CCCN1C(=O)[C@@](NC)(NC(=O)OC)[C@H](C)OC. The number of alkyl carbamates (subject to hydrolysis) is 1. The zero-order chi connectivity index (χ0) is 17.6. The first-order valence-electron chi connectivity index (χ1n) is 7.48. The molecule has 3 atom stereocenters. The third-order valence-corrected chi connectivity index (χ3v) is 4.24. The maximum atomic E-state index is 13.1. The van der Waals surface area contributed by atoms with Crippen molar-refractivity contribution in [1.29, 1.82) is 0 Å². The zero-order valence-electron chi connectivity index (χ0n) is 14.3. The van der Waals surface area contributed by atoms with Gasteiger partial charge in [-0.2, -0.15) is 0 Å². The van der Waals surface area contributed by atoms with Crippen molar-refractivity contribution in [2.45, 2.75) is 37.6 Å². The van der Waals surface area contributed by atoms with E-state index in [9.17, 15) is 14.4 Å². The predicted molar refractivity (Wildman–Crippen MR) is 82.6 cm³/mol. The van der Waals surface area contributed by atoms with Crippen molar-refractivity contribution in [2.75, 3.05) is 34.9 Å². The molecule has 23 heavy (non-hydrogen) atoms. The molecule has 0 aromatic rings. The Bertz CT molecular complexity index is 458. The van der Waals surface area contributed by atoms with Gasteiger partial charge in [0.2, 0.25) is 11.6 Å². The van der Waals surface area contributed by atoms with Crippen LogP contribution in [0.1, 0.15) is 19.8 Å². The van der Waals surface area contributed by atoms with E-state index in [-0.39, 0.29) is 5.91 Å². The van der Waals surface area contributed by atoms with E-state index < -0.39 is 29.8 Å². The van der Waals surface area contributed by atoms with E-state index in [2.05, 4.69) is 20.7 Å². The summed E-state index contributed by atoms with van der Waals surface area (Å²) in [7, 11) is 5.71. The fourth-order valence-corrected chi connectivity index (χ4v) is 2.77. The molecule has 0 aliphatic carbocycles. The Morgan fingerprint density at radius 2 is 1.91 bits per heavy atom. The van der Waals surface area contributed by atoms with Gasteiger partial charge < -0.3 is 19.7 Å². The largest absolute Gasteiger partial charge is 0.453 e. The molecule has 0 saturated carbocycles. The summed E-state index contributed by atoms with van der Waals surface area (Å²) in [6, 6.07) is -0.566. The minimum Gasteiger partial charge on any atom is -0.453 e. The van der Waals surface area contributed by atoms with E-state index in [1.54, 1.807) is 6.92 Å². The molecule has 1 aliphatic heterocycles. The number of likely N-dealkylation sites (N-methyl/N-ethyl adjacent to an activating group) is 2. The van der Waals surface area contributed by atoms with Crippen LogP contribution < -0.4 is 16.0 Å². The lowest BCUT2D eigenvalue weighted by molar-refractivity contribution is -0.150. The molecule has 0 radical (unpaired) electrons. The maximum absolute atomic E-state index is 13.1. The Morgan fingerprint density at radius 1 is 1.26 bits per heavy atom. The molecule has 1 fully saturated rings. The number of ether oxygens (including phenoxy) is 2. The minimum absolute atomic E-state index is 0.232. The number of nitrogens with zero attached hydrogens (tertiary/aromatic N) is 1. The lowest BCUT2D eigenvalue weighted by Crippen LogP contribution is -2.73. The van der Waals surface area contributed by atoms with Crippen molar-refractivity contribution in [3.8, 4) is 0 Å². The van der Waals surface area contributed by atoms with Crippen molar-refractivity contribution in [2.24, 2.45) is 0 Å². The second kappa shape index (κ2) is 8.11. The van der Waals surface area contributed by atoms with Crippen molar-refractivity contribution in [1.82, 2.24) is 20.9 Å². The van der Waals surface area contributed by atoms with Crippen molar-refractivity contribution < 1.29 is 23.9 Å². The van der Waals surface area contributed by atoms with Crippen LogP contribution in [0.2, 0.25) is 0 Å². The van der Waals surface area contributed by atoms with Crippen LogP contribution in [-0.4, -0.2) is 75.5 Å². The number of hydrogen-bond acceptors (Lipinski definition) is 6. The van der Waals surface area contributed by atoms with E-state index in [1.165, 1.54) is 33.2 Å². The van der Waals surface area contributed by atoms with Gasteiger partial charge in [0.25, 0.3) is 5.91 Å². The van der Waals surface area contributed by atoms with Crippen LogP contribution >= 0.6 is 0 Å². The average Bonchev–Trinajstić information content (AvgIpc) is 3.06. The van der Waals surface area contributed by atoms with E-state index in [0.717, 1.165) is 0 Å². The summed E-state index contributed by atoms with van der Waals surface area (Å²) in [6.45, 7) is 2.08. The number of methoxy groups -OCH3 is 2. The minimum atomic E-state index is -1.53. The van der Waals surface area contributed by atoms with Crippen LogP contribution in [0, 0.1) is 0 Å². The Labute approximate surface area is 136 Å². The normalized spacial score (nSPS) is 21.3. The van der Waals surface area contributed by atoms with Crippen LogP contribution in [0.3, 0.4) is 0 Å². The van der Waals surface area contributed by atoms with Crippen LogP contribution in [0.25, 0.3) is 0 Å². The second-order valence-electron chi connectivity index (χ2n) is 5.32. The molecule has 3 N–H and O–H groups in total.